The molecule has 0 aliphatic rings. The van der Waals surface area contributed by atoms with Gasteiger partial charge in [-0.2, -0.15) is 0 Å². The van der Waals surface area contributed by atoms with Crippen molar-refractivity contribution >= 4 is 31.8 Å². The molecule has 0 bridgehead atoms. The second-order valence-electron chi connectivity index (χ2n) is 4.55. The van der Waals surface area contributed by atoms with E-state index in [0.717, 1.165) is 10.0 Å². The van der Waals surface area contributed by atoms with Gasteiger partial charge in [0.1, 0.15) is 5.82 Å². The molecular weight excluding hydrogens is 354 g/mol. The summed E-state index contributed by atoms with van der Waals surface area (Å²) in [7, 11) is -1.77. The van der Waals surface area contributed by atoms with Crippen LogP contribution >= 0.6 is 15.9 Å². The molecule has 0 saturated carbocycles. The van der Waals surface area contributed by atoms with Crippen LogP contribution in [0.5, 0.6) is 0 Å². The fourth-order valence-electron chi connectivity index (χ4n) is 1.74. The van der Waals surface area contributed by atoms with E-state index in [-0.39, 0.29) is 16.8 Å². The summed E-state index contributed by atoms with van der Waals surface area (Å²) >= 11 is 3.25. The molecule has 21 heavy (non-hydrogen) atoms. The highest BCUT2D eigenvalue weighted by Crippen LogP contribution is 2.19. The average Bonchev–Trinajstić information content (AvgIpc) is 2.49. The predicted octanol–water partition coefficient (Wildman–Crippen LogP) is 2.93. The lowest BCUT2D eigenvalue weighted by atomic mass is 10.1. The Morgan fingerprint density at radius 3 is 2.33 bits per heavy atom. The average molecular weight is 370 g/mol. The largest absolute Gasteiger partial charge is 0.313 e. The molecule has 1 atom stereocenters. The lowest BCUT2D eigenvalue weighted by Gasteiger charge is -2.12. The third-order valence-corrected chi connectivity index (χ3v) is 4.93. The van der Waals surface area contributed by atoms with Crippen LogP contribution in [0.15, 0.2) is 52.0 Å². The van der Waals surface area contributed by atoms with Crippen LogP contribution in [0.3, 0.4) is 0 Å². The second kappa shape index (κ2) is 6.55. The Labute approximate surface area is 133 Å². The number of benzene rings is 1. The van der Waals surface area contributed by atoms with E-state index in [2.05, 4.69) is 31.0 Å². The molecule has 0 amide bonds. The standard InChI is InChI=1S/C14H16BrN3O2S/c1-10(16-2)11-3-6-13(7-4-11)21(19,20)18-14-8-5-12(15)9-17-14/h3-10,16H,1-2H3,(H,17,18). The Balaban J connectivity index is 2.21. The summed E-state index contributed by atoms with van der Waals surface area (Å²) < 4.78 is 27.8. The molecule has 0 aliphatic heterocycles. The summed E-state index contributed by atoms with van der Waals surface area (Å²) in [5.74, 6) is 0.283. The summed E-state index contributed by atoms with van der Waals surface area (Å²) in [4.78, 5) is 4.21. The van der Waals surface area contributed by atoms with E-state index in [1.807, 2.05) is 14.0 Å². The molecule has 112 valence electrons. The number of halogens is 1. The molecule has 0 saturated heterocycles. The Kier molecular flexibility index (Phi) is 4.97. The summed E-state index contributed by atoms with van der Waals surface area (Å²) in [6.45, 7) is 2.01. The smallest absolute Gasteiger partial charge is 0.263 e. The third-order valence-electron chi connectivity index (χ3n) is 3.09. The summed E-state index contributed by atoms with van der Waals surface area (Å²) in [6, 6.07) is 10.3. The number of pyridine rings is 1. The van der Waals surface area contributed by atoms with Crippen molar-refractivity contribution in [3.8, 4) is 0 Å². The van der Waals surface area contributed by atoms with Gasteiger partial charge in [-0.05, 0) is 59.7 Å². The van der Waals surface area contributed by atoms with Crippen molar-refractivity contribution < 1.29 is 8.42 Å². The summed E-state index contributed by atoms with van der Waals surface area (Å²) in [5.41, 5.74) is 1.03. The Bertz CT molecular complexity index is 700. The van der Waals surface area contributed by atoms with Gasteiger partial charge in [-0.3, -0.25) is 4.72 Å². The van der Waals surface area contributed by atoms with Crippen molar-refractivity contribution in [2.45, 2.75) is 17.9 Å². The Morgan fingerprint density at radius 1 is 1.14 bits per heavy atom. The van der Waals surface area contributed by atoms with Gasteiger partial charge in [-0.1, -0.05) is 12.1 Å². The van der Waals surface area contributed by atoms with Crippen molar-refractivity contribution in [2.24, 2.45) is 0 Å². The Morgan fingerprint density at radius 2 is 1.81 bits per heavy atom. The SMILES string of the molecule is CNC(C)c1ccc(S(=O)(=O)Nc2ccc(Br)cn2)cc1. The second-order valence-corrected chi connectivity index (χ2v) is 7.14. The number of anilines is 1. The van der Waals surface area contributed by atoms with Gasteiger partial charge in [0.2, 0.25) is 0 Å². The normalized spacial score (nSPS) is 12.9. The lowest BCUT2D eigenvalue weighted by Crippen LogP contribution is -2.15. The van der Waals surface area contributed by atoms with Crippen molar-refractivity contribution in [2.75, 3.05) is 11.8 Å². The molecule has 0 fully saturated rings. The van der Waals surface area contributed by atoms with Gasteiger partial charge in [-0.15, -0.1) is 0 Å². The van der Waals surface area contributed by atoms with Crippen molar-refractivity contribution in [3.63, 3.8) is 0 Å². The van der Waals surface area contributed by atoms with Gasteiger partial charge in [-0.25, -0.2) is 13.4 Å². The quantitative estimate of drug-likeness (QED) is 0.849. The minimum Gasteiger partial charge on any atom is -0.313 e. The van der Waals surface area contributed by atoms with Crippen LogP contribution in [0.4, 0.5) is 5.82 Å². The molecule has 2 aromatic rings. The molecule has 0 radical (unpaired) electrons. The van der Waals surface area contributed by atoms with Crippen LogP contribution in [-0.4, -0.2) is 20.4 Å². The van der Waals surface area contributed by atoms with Gasteiger partial charge in [0.15, 0.2) is 0 Å². The fraction of sp³-hybridized carbons (Fsp3) is 0.214. The van der Waals surface area contributed by atoms with Crippen molar-refractivity contribution in [1.29, 1.82) is 0 Å². The molecule has 7 heteroatoms. The van der Waals surface area contributed by atoms with Crippen molar-refractivity contribution in [1.82, 2.24) is 10.3 Å². The van der Waals surface area contributed by atoms with Gasteiger partial charge < -0.3 is 5.32 Å². The highest BCUT2D eigenvalue weighted by atomic mass is 79.9. The number of hydrogen-bond donors (Lipinski definition) is 2. The highest BCUT2D eigenvalue weighted by Gasteiger charge is 2.15. The number of nitrogens with one attached hydrogen (secondary N) is 2. The van der Waals surface area contributed by atoms with Gasteiger partial charge in [0.05, 0.1) is 4.90 Å². The molecule has 1 heterocycles. The van der Waals surface area contributed by atoms with Crippen LogP contribution in [0.1, 0.15) is 18.5 Å². The van der Waals surface area contributed by atoms with E-state index in [1.54, 1.807) is 36.4 Å². The first-order valence-electron chi connectivity index (χ1n) is 6.34. The van der Waals surface area contributed by atoms with E-state index in [1.165, 1.54) is 6.20 Å². The van der Waals surface area contributed by atoms with Crippen molar-refractivity contribution in [3.05, 3.63) is 52.6 Å². The van der Waals surface area contributed by atoms with E-state index >= 15 is 0 Å². The fourth-order valence-corrected chi connectivity index (χ4v) is 2.98. The zero-order valence-corrected chi connectivity index (χ0v) is 14.1. The topological polar surface area (TPSA) is 71.1 Å². The number of rotatable bonds is 5. The van der Waals surface area contributed by atoms with E-state index in [9.17, 15) is 8.42 Å². The van der Waals surface area contributed by atoms with Crippen LogP contribution in [0, 0.1) is 0 Å². The Hall–Kier alpha value is -1.44. The first-order valence-corrected chi connectivity index (χ1v) is 8.61. The van der Waals surface area contributed by atoms with Crippen LogP contribution in [0.2, 0.25) is 0 Å². The lowest BCUT2D eigenvalue weighted by molar-refractivity contribution is 0.600. The molecule has 2 rings (SSSR count). The van der Waals surface area contributed by atoms with Gasteiger partial charge in [0, 0.05) is 16.7 Å². The molecule has 0 aliphatic carbocycles. The van der Waals surface area contributed by atoms with Gasteiger partial charge >= 0.3 is 0 Å². The van der Waals surface area contributed by atoms with Gasteiger partial charge in [0.25, 0.3) is 10.0 Å². The van der Waals surface area contributed by atoms with Crippen LogP contribution < -0.4 is 10.0 Å². The minimum atomic E-state index is -3.62. The summed E-state index contributed by atoms with van der Waals surface area (Å²) in [5, 5.41) is 3.11. The number of aromatic nitrogens is 1. The molecule has 1 aromatic heterocycles. The maximum Gasteiger partial charge on any atom is 0.263 e. The maximum atomic E-state index is 12.3. The zero-order valence-electron chi connectivity index (χ0n) is 11.7. The monoisotopic (exact) mass is 369 g/mol. The first kappa shape index (κ1) is 15.9. The first-order chi connectivity index (χ1) is 9.92. The maximum absolute atomic E-state index is 12.3. The van der Waals surface area contributed by atoms with Crippen LogP contribution in [0.25, 0.3) is 0 Å². The number of sulfonamides is 1. The predicted molar refractivity (Wildman–Crippen MR) is 86.7 cm³/mol. The molecular formula is C14H16BrN3O2S. The number of hydrogen-bond acceptors (Lipinski definition) is 4. The molecule has 0 spiro atoms. The molecule has 2 N–H and O–H groups in total. The van der Waals surface area contributed by atoms with E-state index in [4.69, 9.17) is 0 Å². The molecule has 1 aromatic carbocycles. The van der Waals surface area contributed by atoms with E-state index < -0.39 is 10.0 Å². The number of nitrogens with zero attached hydrogens (tertiary/aromatic N) is 1. The highest BCUT2D eigenvalue weighted by molar-refractivity contribution is 9.10. The van der Waals surface area contributed by atoms with Crippen LogP contribution in [-0.2, 0) is 10.0 Å². The zero-order chi connectivity index (χ0) is 15.5. The third kappa shape index (κ3) is 4.03. The summed E-state index contributed by atoms with van der Waals surface area (Å²) in [6.07, 6.45) is 1.54. The molecule has 1 unspecified atom stereocenters. The van der Waals surface area contributed by atoms with E-state index in [0.29, 0.717) is 0 Å². The molecule has 5 nitrogen and oxygen atoms in total. The minimum absolute atomic E-state index is 0.169.